The Bertz CT molecular complexity index is 535. The van der Waals surface area contributed by atoms with E-state index in [1.165, 1.54) is 18.7 Å². The van der Waals surface area contributed by atoms with Crippen LogP contribution in [0.4, 0.5) is 0 Å². The topological polar surface area (TPSA) is 92.7 Å². The van der Waals surface area contributed by atoms with Crippen LogP contribution < -0.4 is 5.32 Å². The number of rotatable bonds is 9. The van der Waals surface area contributed by atoms with Crippen molar-refractivity contribution >= 4 is 29.6 Å². The van der Waals surface area contributed by atoms with Gasteiger partial charge >= 0.3 is 11.9 Å². The van der Waals surface area contributed by atoms with Gasteiger partial charge in [-0.2, -0.15) is 11.8 Å². The first-order chi connectivity index (χ1) is 11.0. The SMILES string of the molecule is CCOC(=O)C(CSCC(NC(C)=O)C(=O)O)c1ccccc1. The number of carbonyl (C=O) groups excluding carboxylic acids is 2. The van der Waals surface area contributed by atoms with Crippen LogP contribution in [0.25, 0.3) is 0 Å². The zero-order chi connectivity index (χ0) is 17.2. The molecule has 0 fully saturated rings. The van der Waals surface area contributed by atoms with Gasteiger partial charge in [0.05, 0.1) is 12.5 Å². The summed E-state index contributed by atoms with van der Waals surface area (Å²) in [5, 5.41) is 11.4. The maximum absolute atomic E-state index is 12.1. The van der Waals surface area contributed by atoms with Crippen molar-refractivity contribution in [3.05, 3.63) is 35.9 Å². The van der Waals surface area contributed by atoms with Crippen molar-refractivity contribution in [1.82, 2.24) is 5.32 Å². The summed E-state index contributed by atoms with van der Waals surface area (Å²) < 4.78 is 5.09. The van der Waals surface area contributed by atoms with Crippen LogP contribution >= 0.6 is 11.8 Å². The van der Waals surface area contributed by atoms with E-state index in [0.29, 0.717) is 5.75 Å². The van der Waals surface area contributed by atoms with Gasteiger partial charge in [0.25, 0.3) is 0 Å². The largest absolute Gasteiger partial charge is 0.480 e. The highest BCUT2D eigenvalue weighted by molar-refractivity contribution is 7.99. The van der Waals surface area contributed by atoms with E-state index >= 15 is 0 Å². The Labute approximate surface area is 139 Å². The Morgan fingerprint density at radius 1 is 1.22 bits per heavy atom. The number of carboxylic acid groups (broad SMARTS) is 1. The first-order valence-electron chi connectivity index (χ1n) is 7.25. The second kappa shape index (κ2) is 9.89. The first-order valence-corrected chi connectivity index (χ1v) is 8.40. The van der Waals surface area contributed by atoms with E-state index in [1.807, 2.05) is 30.3 Å². The highest BCUT2D eigenvalue weighted by Crippen LogP contribution is 2.23. The predicted octanol–water partition coefficient (Wildman–Crippen LogP) is 1.66. The molecule has 7 heteroatoms. The quantitative estimate of drug-likeness (QED) is 0.665. The number of thioether (sulfide) groups is 1. The Morgan fingerprint density at radius 2 is 1.87 bits per heavy atom. The summed E-state index contributed by atoms with van der Waals surface area (Å²) in [7, 11) is 0. The molecular formula is C16H21NO5S. The van der Waals surface area contributed by atoms with Gasteiger partial charge in [0, 0.05) is 18.4 Å². The van der Waals surface area contributed by atoms with Crippen LogP contribution in [0.2, 0.25) is 0 Å². The third-order valence-electron chi connectivity index (χ3n) is 3.02. The van der Waals surface area contributed by atoms with Crippen molar-refractivity contribution in [3.63, 3.8) is 0 Å². The van der Waals surface area contributed by atoms with Crippen LogP contribution in [0, 0.1) is 0 Å². The molecule has 0 radical (unpaired) electrons. The highest BCUT2D eigenvalue weighted by atomic mass is 32.2. The number of hydrogen-bond donors (Lipinski definition) is 2. The molecule has 0 aliphatic rings. The molecule has 1 aromatic rings. The van der Waals surface area contributed by atoms with Crippen LogP contribution in [0.15, 0.2) is 30.3 Å². The monoisotopic (exact) mass is 339 g/mol. The second-order valence-electron chi connectivity index (χ2n) is 4.84. The van der Waals surface area contributed by atoms with Crippen molar-refractivity contribution in [2.45, 2.75) is 25.8 Å². The van der Waals surface area contributed by atoms with E-state index < -0.39 is 23.8 Å². The van der Waals surface area contributed by atoms with Crippen molar-refractivity contribution in [2.24, 2.45) is 0 Å². The molecule has 0 spiro atoms. The fourth-order valence-electron chi connectivity index (χ4n) is 1.95. The van der Waals surface area contributed by atoms with E-state index in [9.17, 15) is 14.4 Å². The molecule has 1 aromatic carbocycles. The van der Waals surface area contributed by atoms with Crippen molar-refractivity contribution < 1.29 is 24.2 Å². The standard InChI is InChI=1S/C16H21NO5S/c1-3-22-16(21)13(12-7-5-4-6-8-12)9-23-10-14(15(19)20)17-11(2)18/h4-8,13-14H,3,9-10H2,1-2H3,(H,17,18)(H,19,20). The minimum atomic E-state index is -1.10. The highest BCUT2D eigenvalue weighted by Gasteiger charge is 2.24. The van der Waals surface area contributed by atoms with Crippen LogP contribution in [0.3, 0.4) is 0 Å². The molecule has 0 bridgehead atoms. The van der Waals surface area contributed by atoms with Gasteiger partial charge in [0.2, 0.25) is 5.91 Å². The Hall–Kier alpha value is -2.02. The van der Waals surface area contributed by atoms with Crippen molar-refractivity contribution in [3.8, 4) is 0 Å². The van der Waals surface area contributed by atoms with Gasteiger partial charge < -0.3 is 15.2 Å². The molecule has 1 amide bonds. The normalized spacial score (nSPS) is 13.0. The number of ether oxygens (including phenoxy) is 1. The number of aliphatic carboxylic acids is 1. The van der Waals surface area contributed by atoms with Gasteiger partial charge in [0.15, 0.2) is 0 Å². The smallest absolute Gasteiger partial charge is 0.327 e. The third kappa shape index (κ3) is 6.73. The molecule has 23 heavy (non-hydrogen) atoms. The number of carboxylic acids is 1. The summed E-state index contributed by atoms with van der Waals surface area (Å²) >= 11 is 1.29. The fourth-order valence-corrected chi connectivity index (χ4v) is 3.11. The summed E-state index contributed by atoms with van der Waals surface area (Å²) in [6.45, 7) is 3.30. The van der Waals surface area contributed by atoms with E-state index in [1.54, 1.807) is 6.92 Å². The molecule has 126 valence electrons. The Morgan fingerprint density at radius 3 is 2.39 bits per heavy atom. The summed E-state index contributed by atoms with van der Waals surface area (Å²) in [6, 6.07) is 8.23. The lowest BCUT2D eigenvalue weighted by atomic mass is 10.0. The van der Waals surface area contributed by atoms with Gasteiger partial charge in [-0.1, -0.05) is 30.3 Å². The molecule has 0 saturated heterocycles. The molecule has 0 aromatic heterocycles. The second-order valence-corrected chi connectivity index (χ2v) is 5.92. The minimum Gasteiger partial charge on any atom is -0.480 e. The molecule has 6 nitrogen and oxygen atoms in total. The van der Waals surface area contributed by atoms with Gasteiger partial charge in [-0.3, -0.25) is 9.59 Å². The molecule has 0 aliphatic heterocycles. The number of esters is 1. The minimum absolute atomic E-state index is 0.178. The van der Waals surface area contributed by atoms with Gasteiger partial charge in [-0.05, 0) is 12.5 Å². The number of nitrogens with one attached hydrogen (secondary N) is 1. The zero-order valence-corrected chi connectivity index (χ0v) is 14.0. The molecule has 0 saturated carbocycles. The van der Waals surface area contributed by atoms with Crippen LogP contribution in [0.1, 0.15) is 25.3 Å². The van der Waals surface area contributed by atoms with E-state index in [0.717, 1.165) is 5.56 Å². The van der Waals surface area contributed by atoms with Gasteiger partial charge in [-0.15, -0.1) is 0 Å². The predicted molar refractivity (Wildman–Crippen MR) is 88.4 cm³/mol. The van der Waals surface area contributed by atoms with Crippen LogP contribution in [-0.4, -0.2) is 47.1 Å². The molecule has 2 atom stereocenters. The summed E-state index contributed by atoms with van der Waals surface area (Å²) in [4.78, 5) is 34.2. The van der Waals surface area contributed by atoms with Gasteiger partial charge in [0.1, 0.15) is 6.04 Å². The molecule has 2 N–H and O–H groups in total. The molecule has 0 heterocycles. The molecular weight excluding hydrogens is 318 g/mol. The van der Waals surface area contributed by atoms with Crippen molar-refractivity contribution in [1.29, 1.82) is 0 Å². The molecule has 2 unspecified atom stereocenters. The van der Waals surface area contributed by atoms with Crippen LogP contribution in [-0.2, 0) is 19.1 Å². The van der Waals surface area contributed by atoms with Gasteiger partial charge in [-0.25, -0.2) is 4.79 Å². The average Bonchev–Trinajstić information content (AvgIpc) is 2.50. The number of hydrogen-bond acceptors (Lipinski definition) is 5. The third-order valence-corrected chi connectivity index (χ3v) is 4.16. The number of benzene rings is 1. The number of carbonyl (C=O) groups is 3. The Kier molecular flexibility index (Phi) is 8.18. The molecule has 1 rings (SSSR count). The summed E-state index contributed by atoms with van der Waals surface area (Å²) in [6.07, 6.45) is 0. The lowest BCUT2D eigenvalue weighted by molar-refractivity contribution is -0.144. The van der Waals surface area contributed by atoms with Crippen LogP contribution in [0.5, 0.6) is 0 Å². The summed E-state index contributed by atoms with van der Waals surface area (Å²) in [5.74, 6) is -1.74. The van der Waals surface area contributed by atoms with E-state index in [4.69, 9.17) is 9.84 Å². The average molecular weight is 339 g/mol. The fraction of sp³-hybridized carbons (Fsp3) is 0.438. The van der Waals surface area contributed by atoms with E-state index in [-0.39, 0.29) is 18.3 Å². The Balaban J connectivity index is 2.69. The first kappa shape index (κ1) is 19.0. The lowest BCUT2D eigenvalue weighted by Gasteiger charge is -2.17. The van der Waals surface area contributed by atoms with E-state index in [2.05, 4.69) is 5.32 Å². The van der Waals surface area contributed by atoms with Crippen molar-refractivity contribution in [2.75, 3.05) is 18.1 Å². The maximum atomic E-state index is 12.1. The number of amides is 1. The maximum Gasteiger partial charge on any atom is 0.327 e. The zero-order valence-electron chi connectivity index (χ0n) is 13.2. The lowest BCUT2D eigenvalue weighted by Crippen LogP contribution is -2.41. The summed E-state index contributed by atoms with van der Waals surface area (Å²) in [5.41, 5.74) is 0.824. The molecule has 0 aliphatic carbocycles.